The van der Waals surface area contributed by atoms with Gasteiger partial charge in [0.1, 0.15) is 6.54 Å². The number of fused-ring (bicyclic) bond motifs is 1. The van der Waals surface area contributed by atoms with Crippen molar-refractivity contribution in [1.29, 1.82) is 0 Å². The average molecular weight is 662 g/mol. The van der Waals surface area contributed by atoms with Gasteiger partial charge in [-0.1, -0.05) is 42.5 Å². The van der Waals surface area contributed by atoms with Crippen LogP contribution in [0.25, 0.3) is 10.8 Å². The van der Waals surface area contributed by atoms with E-state index in [0.717, 1.165) is 58.6 Å². The van der Waals surface area contributed by atoms with Gasteiger partial charge in [-0.25, -0.2) is 0 Å². The van der Waals surface area contributed by atoms with E-state index < -0.39 is 36.6 Å². The van der Waals surface area contributed by atoms with Gasteiger partial charge in [-0.05, 0) is 140 Å². The Morgan fingerprint density at radius 1 is 0.490 bits per heavy atom. The summed E-state index contributed by atoms with van der Waals surface area (Å²) in [4.78, 5) is 2.32. The number of rotatable bonds is 10. The topological polar surface area (TPSA) is 40.2 Å². The minimum absolute atomic E-state index is 0.394. The van der Waals surface area contributed by atoms with Crippen molar-refractivity contribution in [3.05, 3.63) is 90.5 Å². The molecule has 8 heteroatoms. The van der Waals surface area contributed by atoms with Gasteiger partial charge in [0.2, 0.25) is 0 Å². The fraction of sp³-hybridized carbons (Fsp3) is 0.463. The van der Waals surface area contributed by atoms with Crippen LogP contribution in [0.5, 0.6) is 0 Å². The molecule has 0 aliphatic carbocycles. The first-order valence-electron chi connectivity index (χ1n) is 18.1. The van der Waals surface area contributed by atoms with Crippen molar-refractivity contribution in [3.8, 4) is 0 Å². The molecule has 6 nitrogen and oxygen atoms in total. The first-order valence-corrected chi connectivity index (χ1v) is 18.1. The smallest absolute Gasteiger partial charge is 0.399 e. The third-order valence-corrected chi connectivity index (χ3v) is 12.0. The molecule has 2 saturated heterocycles. The molecule has 0 spiro atoms. The van der Waals surface area contributed by atoms with E-state index in [-0.39, 0.29) is 0 Å². The molecule has 4 aromatic rings. The zero-order valence-electron chi connectivity index (χ0n) is 31.6. The van der Waals surface area contributed by atoms with Gasteiger partial charge in [0.15, 0.2) is 0 Å². The van der Waals surface area contributed by atoms with Gasteiger partial charge in [0.25, 0.3) is 0 Å². The molecular formula is C41H55B2N2O4+. The van der Waals surface area contributed by atoms with Crippen molar-refractivity contribution < 1.29 is 23.1 Å². The maximum absolute atomic E-state index is 6.37. The minimum Gasteiger partial charge on any atom is -0.399 e. The van der Waals surface area contributed by atoms with Crippen molar-refractivity contribution >= 4 is 53.0 Å². The Bertz CT molecular complexity index is 1660. The molecule has 0 saturated carbocycles. The lowest BCUT2D eigenvalue weighted by atomic mass is 9.79. The molecule has 2 fully saturated rings. The third kappa shape index (κ3) is 6.71. The molecule has 0 N–H and O–H groups in total. The summed E-state index contributed by atoms with van der Waals surface area (Å²) in [5, 5.41) is 2.48. The summed E-state index contributed by atoms with van der Waals surface area (Å²) in [6, 6.07) is 30.9. The first kappa shape index (κ1) is 35.7. The molecule has 2 aliphatic heterocycles. The molecule has 6 rings (SSSR count). The summed E-state index contributed by atoms with van der Waals surface area (Å²) in [5.74, 6) is 0. The lowest BCUT2D eigenvalue weighted by Crippen LogP contribution is -2.46. The highest BCUT2D eigenvalue weighted by molar-refractivity contribution is 6.62. The van der Waals surface area contributed by atoms with E-state index in [1.807, 2.05) is 0 Å². The summed E-state index contributed by atoms with van der Waals surface area (Å²) >= 11 is 0. The maximum atomic E-state index is 6.37. The highest BCUT2D eigenvalue weighted by Crippen LogP contribution is 2.40. The number of hydrogen-bond acceptors (Lipinski definition) is 5. The van der Waals surface area contributed by atoms with Crippen molar-refractivity contribution in [1.82, 2.24) is 0 Å². The van der Waals surface area contributed by atoms with Crippen LogP contribution in [-0.2, 0) is 25.2 Å². The highest BCUT2D eigenvalue weighted by Gasteiger charge is 2.52. The summed E-state index contributed by atoms with van der Waals surface area (Å²) in [6.07, 6.45) is 0. The van der Waals surface area contributed by atoms with Gasteiger partial charge >= 0.3 is 14.2 Å². The molecular weight excluding hydrogens is 606 g/mol. The molecule has 49 heavy (non-hydrogen) atoms. The lowest BCUT2D eigenvalue weighted by molar-refractivity contribution is -0.936. The lowest BCUT2D eigenvalue weighted by Gasteiger charge is -2.36. The minimum atomic E-state index is -0.411. The first-order chi connectivity index (χ1) is 23.0. The molecule has 0 radical (unpaired) electrons. The van der Waals surface area contributed by atoms with Gasteiger partial charge < -0.3 is 28.0 Å². The van der Waals surface area contributed by atoms with Crippen molar-refractivity contribution in [2.75, 3.05) is 24.5 Å². The molecule has 0 atom stereocenters. The molecule has 4 aromatic carbocycles. The zero-order valence-corrected chi connectivity index (χ0v) is 31.6. The van der Waals surface area contributed by atoms with Crippen LogP contribution in [0.2, 0.25) is 0 Å². The van der Waals surface area contributed by atoms with Crippen LogP contribution in [0.3, 0.4) is 0 Å². The number of quaternary nitrogens is 1. The van der Waals surface area contributed by atoms with Crippen LogP contribution in [0.15, 0.2) is 84.9 Å². The van der Waals surface area contributed by atoms with Gasteiger partial charge in [-0.15, -0.1) is 0 Å². The van der Waals surface area contributed by atoms with Gasteiger partial charge in [0.05, 0.1) is 42.0 Å². The van der Waals surface area contributed by atoms with E-state index in [1.165, 1.54) is 16.3 Å². The molecule has 0 amide bonds. The van der Waals surface area contributed by atoms with Crippen LogP contribution in [0, 0.1) is 0 Å². The Balaban J connectivity index is 1.37. The standard InChI is InChI=1S/C41H55B2N2O4/c1-12-45(13-2,14-3)29-30-15-16-31-17-22-37(28-32(31)27-30)44(35-23-18-33(19-24-35)42-46-38(4,5)39(6,7)47-42)36-25-20-34(21-26-36)43-48-40(8,9)41(10,11)49-43/h15-28H,12-14,29H2,1-11H3/q+1. The summed E-state index contributed by atoms with van der Waals surface area (Å²) in [7, 11) is -0.823. The third-order valence-electron chi connectivity index (χ3n) is 12.0. The quantitative estimate of drug-likeness (QED) is 0.126. The molecule has 0 aromatic heterocycles. The second-order valence-electron chi connectivity index (χ2n) is 16.0. The fourth-order valence-corrected chi connectivity index (χ4v) is 6.88. The molecule has 0 unspecified atom stereocenters. The van der Waals surface area contributed by atoms with E-state index >= 15 is 0 Å². The number of benzene rings is 4. The highest BCUT2D eigenvalue weighted by atomic mass is 16.7. The predicted molar refractivity (Wildman–Crippen MR) is 206 cm³/mol. The number of hydrogen-bond donors (Lipinski definition) is 0. The second kappa shape index (κ2) is 12.9. The Morgan fingerprint density at radius 3 is 1.29 bits per heavy atom. The Labute approximate surface area is 295 Å². The van der Waals surface area contributed by atoms with Crippen LogP contribution >= 0.6 is 0 Å². The Hall–Kier alpha value is -3.13. The van der Waals surface area contributed by atoms with Crippen molar-refractivity contribution in [2.24, 2.45) is 0 Å². The molecule has 2 aliphatic rings. The SMILES string of the molecule is CC[N+](CC)(CC)Cc1ccc2ccc(N(c3ccc(B4OC(C)(C)C(C)(C)O4)cc3)c3ccc(B4OC(C)(C)C(C)(C)O4)cc3)cc2c1. The molecule has 2 heterocycles. The largest absolute Gasteiger partial charge is 0.494 e. The van der Waals surface area contributed by atoms with Crippen LogP contribution in [-0.4, -0.2) is 60.8 Å². The normalized spacial score (nSPS) is 19.5. The number of anilines is 3. The molecule has 0 bridgehead atoms. The van der Waals surface area contributed by atoms with Crippen LogP contribution < -0.4 is 15.8 Å². The predicted octanol–water partition coefficient (Wildman–Crippen LogP) is 8.28. The molecule has 258 valence electrons. The van der Waals surface area contributed by atoms with Gasteiger partial charge in [0, 0.05) is 22.6 Å². The second-order valence-corrected chi connectivity index (χ2v) is 16.0. The van der Waals surface area contributed by atoms with E-state index in [9.17, 15) is 0 Å². The van der Waals surface area contributed by atoms with Crippen molar-refractivity contribution in [3.63, 3.8) is 0 Å². The van der Waals surface area contributed by atoms with Crippen LogP contribution in [0.4, 0.5) is 17.1 Å². The van der Waals surface area contributed by atoms with Crippen LogP contribution in [0.1, 0.15) is 81.7 Å². The van der Waals surface area contributed by atoms with E-state index in [1.54, 1.807) is 0 Å². The Morgan fingerprint density at radius 2 is 0.878 bits per heavy atom. The van der Waals surface area contributed by atoms with E-state index in [0.29, 0.717) is 0 Å². The number of nitrogens with zero attached hydrogens (tertiary/aromatic N) is 2. The fourth-order valence-electron chi connectivity index (χ4n) is 6.88. The van der Waals surface area contributed by atoms with Crippen molar-refractivity contribution in [2.45, 2.75) is 105 Å². The summed E-state index contributed by atoms with van der Waals surface area (Å²) in [6.45, 7) is 28.1. The summed E-state index contributed by atoms with van der Waals surface area (Å²) in [5.41, 5.74) is 5.01. The monoisotopic (exact) mass is 661 g/mol. The van der Waals surface area contributed by atoms with E-state index in [4.69, 9.17) is 18.6 Å². The maximum Gasteiger partial charge on any atom is 0.494 e. The van der Waals surface area contributed by atoms with E-state index in [2.05, 4.69) is 166 Å². The Kier molecular flexibility index (Phi) is 9.38. The summed E-state index contributed by atoms with van der Waals surface area (Å²) < 4.78 is 26.6. The van der Waals surface area contributed by atoms with Gasteiger partial charge in [-0.3, -0.25) is 0 Å². The average Bonchev–Trinajstić information content (AvgIpc) is 3.43. The van der Waals surface area contributed by atoms with Gasteiger partial charge in [-0.2, -0.15) is 0 Å². The zero-order chi connectivity index (χ0) is 35.4.